The molecule has 5 nitrogen and oxygen atoms in total. The van der Waals surface area contributed by atoms with Crippen LogP contribution in [0.3, 0.4) is 0 Å². The second kappa shape index (κ2) is 7.55. The Kier molecular flexibility index (Phi) is 5.97. The molecule has 1 aliphatic rings. The molecule has 122 valence electrons. The molecule has 1 aliphatic heterocycles. The van der Waals surface area contributed by atoms with E-state index < -0.39 is 10.0 Å². The van der Waals surface area contributed by atoms with Crippen LogP contribution in [0.15, 0.2) is 24.3 Å². The SMILES string of the molecule is CCCS(=O)(=O)N1CCN(CC(=O)c2ccc(Cl)cc2)CC1. The molecule has 0 N–H and O–H groups in total. The normalized spacial score (nSPS) is 17.5. The first kappa shape index (κ1) is 17.4. The third-order valence-corrected chi connectivity index (χ3v) is 6.05. The Balaban J connectivity index is 1.87. The smallest absolute Gasteiger partial charge is 0.214 e. The van der Waals surface area contributed by atoms with Crippen LogP contribution in [-0.2, 0) is 10.0 Å². The fourth-order valence-corrected chi connectivity index (χ4v) is 4.10. The molecule has 0 amide bonds. The molecule has 1 fully saturated rings. The lowest BCUT2D eigenvalue weighted by Crippen LogP contribution is -2.50. The summed E-state index contributed by atoms with van der Waals surface area (Å²) >= 11 is 5.81. The van der Waals surface area contributed by atoms with Crippen LogP contribution in [-0.4, -0.2) is 61.9 Å². The van der Waals surface area contributed by atoms with Crippen LogP contribution < -0.4 is 0 Å². The maximum atomic E-state index is 12.2. The number of sulfonamides is 1. The van der Waals surface area contributed by atoms with E-state index in [1.54, 1.807) is 24.3 Å². The zero-order chi connectivity index (χ0) is 16.2. The summed E-state index contributed by atoms with van der Waals surface area (Å²) in [6, 6.07) is 6.83. The average Bonchev–Trinajstić information content (AvgIpc) is 2.48. The van der Waals surface area contributed by atoms with Gasteiger partial charge in [0.05, 0.1) is 12.3 Å². The number of piperazine rings is 1. The van der Waals surface area contributed by atoms with Gasteiger partial charge in [-0.15, -0.1) is 0 Å². The van der Waals surface area contributed by atoms with E-state index in [4.69, 9.17) is 11.6 Å². The Labute approximate surface area is 136 Å². The number of rotatable bonds is 6. The van der Waals surface area contributed by atoms with E-state index >= 15 is 0 Å². The molecular formula is C15H21ClN2O3S. The minimum absolute atomic E-state index is 0.0292. The van der Waals surface area contributed by atoms with Crippen LogP contribution in [0.4, 0.5) is 0 Å². The van der Waals surface area contributed by atoms with Crippen LogP contribution >= 0.6 is 11.6 Å². The van der Waals surface area contributed by atoms with E-state index in [-0.39, 0.29) is 11.5 Å². The van der Waals surface area contributed by atoms with E-state index in [9.17, 15) is 13.2 Å². The number of halogens is 1. The highest BCUT2D eigenvalue weighted by Gasteiger charge is 2.26. The van der Waals surface area contributed by atoms with Crippen LogP contribution in [0.1, 0.15) is 23.7 Å². The lowest BCUT2D eigenvalue weighted by molar-refractivity contribution is 0.0902. The fourth-order valence-electron chi connectivity index (χ4n) is 2.48. The number of ketones is 1. The van der Waals surface area contributed by atoms with Gasteiger partial charge in [0.25, 0.3) is 0 Å². The highest BCUT2D eigenvalue weighted by molar-refractivity contribution is 7.89. The molecule has 1 aromatic rings. The minimum Gasteiger partial charge on any atom is -0.293 e. The first-order valence-corrected chi connectivity index (χ1v) is 9.40. The second-order valence-corrected chi connectivity index (χ2v) is 7.95. The lowest BCUT2D eigenvalue weighted by atomic mass is 10.1. The average molecular weight is 345 g/mol. The van der Waals surface area contributed by atoms with E-state index in [0.29, 0.717) is 49.7 Å². The molecule has 7 heteroatoms. The third-order valence-electron chi connectivity index (χ3n) is 3.72. The predicted octanol–water partition coefficient (Wildman–Crippen LogP) is 1.88. The molecule has 0 atom stereocenters. The molecule has 0 bridgehead atoms. The summed E-state index contributed by atoms with van der Waals surface area (Å²) in [7, 11) is -3.14. The summed E-state index contributed by atoms with van der Waals surface area (Å²) in [6.45, 7) is 4.25. The van der Waals surface area contributed by atoms with Crippen molar-refractivity contribution in [3.63, 3.8) is 0 Å². The molecule has 2 rings (SSSR count). The molecule has 22 heavy (non-hydrogen) atoms. The van der Waals surface area contributed by atoms with Gasteiger partial charge in [-0.1, -0.05) is 18.5 Å². The van der Waals surface area contributed by atoms with Crippen molar-refractivity contribution in [3.05, 3.63) is 34.9 Å². The first-order valence-electron chi connectivity index (χ1n) is 7.41. The van der Waals surface area contributed by atoms with Gasteiger partial charge in [0, 0.05) is 36.8 Å². The van der Waals surface area contributed by atoms with Crippen molar-refractivity contribution in [2.24, 2.45) is 0 Å². The van der Waals surface area contributed by atoms with E-state index in [1.165, 1.54) is 4.31 Å². The maximum Gasteiger partial charge on any atom is 0.214 e. The molecule has 1 saturated heterocycles. The molecule has 0 radical (unpaired) electrons. The summed E-state index contributed by atoms with van der Waals surface area (Å²) in [4.78, 5) is 14.2. The highest BCUT2D eigenvalue weighted by atomic mass is 35.5. The molecule has 0 spiro atoms. The zero-order valence-corrected chi connectivity index (χ0v) is 14.2. The van der Waals surface area contributed by atoms with Crippen molar-refractivity contribution < 1.29 is 13.2 Å². The third kappa shape index (κ3) is 4.52. The standard InChI is InChI=1S/C15H21ClN2O3S/c1-2-11-22(20,21)18-9-7-17(8-10-18)12-15(19)13-3-5-14(16)6-4-13/h3-6H,2,7-12H2,1H3. The summed E-state index contributed by atoms with van der Waals surface area (Å²) in [5.41, 5.74) is 0.630. The van der Waals surface area contributed by atoms with E-state index in [1.807, 2.05) is 11.8 Å². The summed E-state index contributed by atoms with van der Waals surface area (Å²) in [5, 5.41) is 0.603. The molecule has 0 aliphatic carbocycles. The van der Waals surface area contributed by atoms with Gasteiger partial charge in [0.2, 0.25) is 10.0 Å². The quantitative estimate of drug-likeness (QED) is 0.739. The lowest BCUT2D eigenvalue weighted by Gasteiger charge is -2.33. The predicted molar refractivity (Wildman–Crippen MR) is 87.9 cm³/mol. The van der Waals surface area contributed by atoms with Crippen molar-refractivity contribution in [3.8, 4) is 0 Å². The number of benzene rings is 1. The number of carbonyl (C=O) groups is 1. The van der Waals surface area contributed by atoms with E-state index in [0.717, 1.165) is 0 Å². The number of hydrogen-bond acceptors (Lipinski definition) is 4. The molecule has 0 aromatic heterocycles. The zero-order valence-electron chi connectivity index (χ0n) is 12.7. The number of nitrogens with zero attached hydrogens (tertiary/aromatic N) is 2. The Morgan fingerprint density at radius 3 is 2.27 bits per heavy atom. The van der Waals surface area contributed by atoms with Crippen LogP contribution in [0.2, 0.25) is 5.02 Å². The Morgan fingerprint density at radius 2 is 1.73 bits per heavy atom. The fraction of sp³-hybridized carbons (Fsp3) is 0.533. The van der Waals surface area contributed by atoms with Crippen LogP contribution in [0.25, 0.3) is 0 Å². The maximum absolute atomic E-state index is 12.2. The van der Waals surface area contributed by atoms with E-state index in [2.05, 4.69) is 0 Å². The number of Topliss-reactive ketones (excluding diaryl/α,β-unsaturated/α-hetero) is 1. The Morgan fingerprint density at radius 1 is 1.14 bits per heavy atom. The first-order chi connectivity index (χ1) is 10.4. The number of hydrogen-bond donors (Lipinski definition) is 0. The summed E-state index contributed by atoms with van der Waals surface area (Å²) in [6.07, 6.45) is 0.623. The van der Waals surface area contributed by atoms with Crippen LogP contribution in [0.5, 0.6) is 0 Å². The summed E-state index contributed by atoms with van der Waals surface area (Å²) < 4.78 is 25.5. The number of carbonyl (C=O) groups excluding carboxylic acids is 1. The summed E-state index contributed by atoms with van der Waals surface area (Å²) in [5.74, 6) is 0.220. The monoisotopic (exact) mass is 344 g/mol. The van der Waals surface area contributed by atoms with Gasteiger partial charge in [-0.25, -0.2) is 8.42 Å². The Hall–Kier alpha value is -0.950. The van der Waals surface area contributed by atoms with Crippen molar-refractivity contribution in [2.45, 2.75) is 13.3 Å². The van der Waals surface area contributed by atoms with Gasteiger partial charge in [0.15, 0.2) is 5.78 Å². The molecule has 1 heterocycles. The van der Waals surface area contributed by atoms with Crippen molar-refractivity contribution >= 4 is 27.4 Å². The largest absolute Gasteiger partial charge is 0.293 e. The van der Waals surface area contributed by atoms with Gasteiger partial charge in [-0.05, 0) is 30.7 Å². The second-order valence-electron chi connectivity index (χ2n) is 5.42. The molecule has 1 aromatic carbocycles. The molecule has 0 unspecified atom stereocenters. The topological polar surface area (TPSA) is 57.7 Å². The van der Waals surface area contributed by atoms with Gasteiger partial charge in [-0.2, -0.15) is 4.31 Å². The van der Waals surface area contributed by atoms with Gasteiger partial charge in [-0.3, -0.25) is 9.69 Å². The van der Waals surface area contributed by atoms with Gasteiger partial charge < -0.3 is 0 Å². The highest BCUT2D eigenvalue weighted by Crippen LogP contribution is 2.12. The van der Waals surface area contributed by atoms with Crippen molar-refractivity contribution in [1.29, 1.82) is 0 Å². The minimum atomic E-state index is -3.14. The molecular weight excluding hydrogens is 324 g/mol. The van der Waals surface area contributed by atoms with Crippen molar-refractivity contribution in [1.82, 2.24) is 9.21 Å². The van der Waals surface area contributed by atoms with Crippen molar-refractivity contribution in [2.75, 3.05) is 38.5 Å². The van der Waals surface area contributed by atoms with Gasteiger partial charge >= 0.3 is 0 Å². The van der Waals surface area contributed by atoms with Gasteiger partial charge in [0.1, 0.15) is 0 Å². The van der Waals surface area contributed by atoms with Crippen LogP contribution in [0, 0.1) is 0 Å². The Bertz CT molecular complexity index is 608. The molecule has 0 saturated carbocycles.